The molecule has 0 aliphatic heterocycles. The van der Waals surface area contributed by atoms with E-state index >= 15 is 0 Å². The number of hydrogen-bond acceptors (Lipinski definition) is 5. The first kappa shape index (κ1) is 15.4. The molecule has 1 aliphatic rings. The average molecular weight is 382 g/mol. The molecule has 7 heteroatoms. The van der Waals surface area contributed by atoms with Crippen LogP contribution < -0.4 is 10.4 Å². The number of fused-ring (bicyclic) bond motifs is 1. The van der Waals surface area contributed by atoms with Gasteiger partial charge in [0.05, 0.1) is 10.2 Å². The van der Waals surface area contributed by atoms with E-state index in [1.54, 1.807) is 0 Å². The van der Waals surface area contributed by atoms with Crippen molar-refractivity contribution in [3.8, 4) is 0 Å². The first-order valence-electron chi connectivity index (χ1n) is 7.12. The van der Waals surface area contributed by atoms with E-state index in [0.717, 1.165) is 27.5 Å². The van der Waals surface area contributed by atoms with Gasteiger partial charge >= 0.3 is 0 Å². The number of carbonyl (C=O) groups excluding carboxylic acids is 2. The van der Waals surface area contributed by atoms with Gasteiger partial charge in [-0.3, -0.25) is 4.79 Å². The average Bonchev–Trinajstić information content (AvgIpc) is 2.88. The minimum Gasteiger partial charge on any atom is -0.550 e. The summed E-state index contributed by atoms with van der Waals surface area (Å²) in [7, 11) is 0. The molecule has 5 nitrogen and oxygen atoms in total. The lowest BCUT2D eigenvalue weighted by molar-refractivity contribution is -0.313. The molecule has 1 amide bonds. The quantitative estimate of drug-likeness (QED) is 0.885. The Hall–Kier alpha value is -1.47. The number of thiazole rings is 1. The Morgan fingerprint density at radius 3 is 2.73 bits per heavy atom. The number of amides is 1. The number of hydrogen-bond donors (Lipinski definition) is 1. The van der Waals surface area contributed by atoms with Gasteiger partial charge in [-0.25, -0.2) is 4.98 Å². The van der Waals surface area contributed by atoms with Gasteiger partial charge in [0.1, 0.15) is 0 Å². The predicted molar refractivity (Wildman–Crippen MR) is 86.4 cm³/mol. The third-order valence-electron chi connectivity index (χ3n) is 3.99. The van der Waals surface area contributed by atoms with E-state index in [1.165, 1.54) is 11.3 Å². The first-order valence-corrected chi connectivity index (χ1v) is 8.73. The summed E-state index contributed by atoms with van der Waals surface area (Å²) in [5, 5.41) is 14.5. The molecule has 0 bridgehead atoms. The highest BCUT2D eigenvalue weighted by atomic mass is 79.9. The summed E-state index contributed by atoms with van der Waals surface area (Å²) in [5.74, 6) is -2.63. The minimum atomic E-state index is -1.13. The molecule has 1 heterocycles. The summed E-state index contributed by atoms with van der Waals surface area (Å²) >= 11 is 4.78. The fourth-order valence-electron chi connectivity index (χ4n) is 2.88. The number of nitrogens with zero attached hydrogens (tertiary/aromatic N) is 1. The van der Waals surface area contributed by atoms with E-state index in [1.807, 2.05) is 18.2 Å². The van der Waals surface area contributed by atoms with Crippen LogP contribution in [0, 0.1) is 11.8 Å². The van der Waals surface area contributed by atoms with Crippen molar-refractivity contribution in [3.63, 3.8) is 0 Å². The molecule has 1 aliphatic carbocycles. The van der Waals surface area contributed by atoms with Gasteiger partial charge in [-0.15, -0.1) is 0 Å². The second-order valence-corrected chi connectivity index (χ2v) is 7.38. The van der Waals surface area contributed by atoms with Gasteiger partial charge in [0, 0.05) is 22.3 Å². The zero-order valence-electron chi connectivity index (χ0n) is 11.7. The molecule has 0 saturated heterocycles. The monoisotopic (exact) mass is 381 g/mol. The maximum atomic E-state index is 12.4. The molecule has 3 rings (SSSR count). The molecule has 1 aromatic carbocycles. The van der Waals surface area contributed by atoms with E-state index in [-0.39, 0.29) is 5.91 Å². The molecular weight excluding hydrogens is 368 g/mol. The van der Waals surface area contributed by atoms with Gasteiger partial charge in [-0.2, -0.15) is 0 Å². The van der Waals surface area contributed by atoms with E-state index in [2.05, 4.69) is 26.2 Å². The van der Waals surface area contributed by atoms with Crippen LogP contribution in [-0.2, 0) is 9.59 Å². The molecule has 2 aromatic rings. The fraction of sp³-hybridized carbons (Fsp3) is 0.400. The lowest BCUT2D eigenvalue weighted by atomic mass is 9.79. The van der Waals surface area contributed by atoms with Crippen LogP contribution in [0.5, 0.6) is 0 Å². The number of rotatable bonds is 3. The number of carbonyl (C=O) groups is 2. The maximum Gasteiger partial charge on any atom is 0.229 e. The second kappa shape index (κ2) is 6.34. The Bertz CT molecular complexity index is 731. The number of halogens is 1. The minimum absolute atomic E-state index is 0.271. The number of anilines is 1. The van der Waals surface area contributed by atoms with Crippen LogP contribution in [0.1, 0.15) is 25.7 Å². The molecule has 22 heavy (non-hydrogen) atoms. The van der Waals surface area contributed by atoms with Crippen molar-refractivity contribution in [3.05, 3.63) is 22.7 Å². The van der Waals surface area contributed by atoms with E-state index in [4.69, 9.17) is 0 Å². The van der Waals surface area contributed by atoms with Gasteiger partial charge in [0.15, 0.2) is 5.13 Å². The number of aromatic nitrogens is 1. The molecule has 0 spiro atoms. The van der Waals surface area contributed by atoms with Crippen LogP contribution in [0.3, 0.4) is 0 Å². The third kappa shape index (κ3) is 3.15. The largest absolute Gasteiger partial charge is 0.550 e. The zero-order valence-corrected chi connectivity index (χ0v) is 14.1. The molecule has 1 fully saturated rings. The van der Waals surface area contributed by atoms with Crippen molar-refractivity contribution in [2.75, 3.05) is 5.32 Å². The number of nitrogens with one attached hydrogen (secondary N) is 1. The van der Waals surface area contributed by atoms with E-state index in [9.17, 15) is 14.7 Å². The first-order chi connectivity index (χ1) is 10.5. The van der Waals surface area contributed by atoms with Crippen LogP contribution in [-0.4, -0.2) is 16.9 Å². The van der Waals surface area contributed by atoms with Crippen molar-refractivity contribution < 1.29 is 14.7 Å². The van der Waals surface area contributed by atoms with Gasteiger partial charge in [0.2, 0.25) is 5.91 Å². The zero-order chi connectivity index (χ0) is 15.7. The molecule has 2 atom stereocenters. The lowest BCUT2D eigenvalue weighted by Gasteiger charge is -2.30. The van der Waals surface area contributed by atoms with Gasteiger partial charge < -0.3 is 15.2 Å². The number of carboxylic acids is 1. The summed E-state index contributed by atoms with van der Waals surface area (Å²) in [6.07, 6.45) is 2.79. The van der Waals surface area contributed by atoms with Crippen molar-refractivity contribution in [1.29, 1.82) is 0 Å². The van der Waals surface area contributed by atoms with Gasteiger partial charge in [-0.1, -0.05) is 40.1 Å². The number of aliphatic carboxylic acids is 1. The highest BCUT2D eigenvalue weighted by molar-refractivity contribution is 9.10. The lowest BCUT2D eigenvalue weighted by Crippen LogP contribution is -2.42. The van der Waals surface area contributed by atoms with Crippen LogP contribution in [0.4, 0.5) is 5.13 Å². The Labute approximate surface area is 139 Å². The van der Waals surface area contributed by atoms with Crippen molar-refractivity contribution >= 4 is 54.5 Å². The number of benzene rings is 1. The van der Waals surface area contributed by atoms with Crippen LogP contribution in [0.15, 0.2) is 22.7 Å². The van der Waals surface area contributed by atoms with Gasteiger partial charge in [0.25, 0.3) is 0 Å². The summed E-state index contributed by atoms with van der Waals surface area (Å²) in [4.78, 5) is 27.9. The third-order valence-corrected chi connectivity index (χ3v) is 5.41. The smallest absolute Gasteiger partial charge is 0.229 e. The Morgan fingerprint density at radius 1 is 1.27 bits per heavy atom. The molecule has 1 aromatic heterocycles. The Morgan fingerprint density at radius 2 is 2.00 bits per heavy atom. The van der Waals surface area contributed by atoms with Crippen molar-refractivity contribution in [2.24, 2.45) is 11.8 Å². The van der Waals surface area contributed by atoms with Crippen molar-refractivity contribution in [1.82, 2.24) is 4.98 Å². The summed E-state index contributed by atoms with van der Waals surface area (Å²) in [6, 6.07) is 5.70. The van der Waals surface area contributed by atoms with Crippen LogP contribution >= 0.6 is 27.3 Å². The normalized spacial score (nSPS) is 21.7. The molecule has 116 valence electrons. The highest BCUT2D eigenvalue weighted by Crippen LogP contribution is 2.32. The molecular formula is C15H14BrN2O3S-. The SMILES string of the molecule is O=C([O-])[C@H]1CCCC[C@H]1C(=O)Nc1nc2ccc(Br)cc2s1. The predicted octanol–water partition coefficient (Wildman–Crippen LogP) is 2.55. The summed E-state index contributed by atoms with van der Waals surface area (Å²) < 4.78 is 1.91. The maximum absolute atomic E-state index is 12.4. The highest BCUT2D eigenvalue weighted by Gasteiger charge is 2.32. The topological polar surface area (TPSA) is 82.1 Å². The van der Waals surface area contributed by atoms with E-state index < -0.39 is 17.8 Å². The van der Waals surface area contributed by atoms with Crippen LogP contribution in [0.2, 0.25) is 0 Å². The second-order valence-electron chi connectivity index (χ2n) is 5.44. The van der Waals surface area contributed by atoms with Crippen LogP contribution in [0.25, 0.3) is 10.2 Å². The summed E-state index contributed by atoms with van der Waals surface area (Å²) in [6.45, 7) is 0. The standard InChI is InChI=1S/C15H15BrN2O3S/c16-8-5-6-11-12(7-8)22-15(17-11)18-13(19)9-3-1-2-4-10(9)14(20)21/h5-7,9-10H,1-4H2,(H,20,21)(H,17,18,19)/p-1/t9-,10+/m1/s1. The summed E-state index contributed by atoms with van der Waals surface area (Å²) in [5.41, 5.74) is 0.809. The molecule has 1 N–H and O–H groups in total. The van der Waals surface area contributed by atoms with Crippen molar-refractivity contribution in [2.45, 2.75) is 25.7 Å². The molecule has 0 unspecified atom stereocenters. The van der Waals surface area contributed by atoms with Gasteiger partial charge in [-0.05, 0) is 31.0 Å². The Kier molecular flexibility index (Phi) is 4.44. The fourth-order valence-corrected chi connectivity index (χ4v) is 4.30. The Balaban J connectivity index is 1.78. The van der Waals surface area contributed by atoms with E-state index in [0.29, 0.717) is 18.0 Å². The molecule has 0 radical (unpaired) electrons. The number of carboxylic acid groups (broad SMARTS) is 1. The molecule has 1 saturated carbocycles.